The molecule has 0 amide bonds. The van der Waals surface area contributed by atoms with Gasteiger partial charge in [-0.3, -0.25) is 0 Å². The molecule has 0 fully saturated rings. The van der Waals surface area contributed by atoms with E-state index in [-0.39, 0.29) is 0 Å². The Balaban J connectivity index is 2.34. The standard InChI is InChI=1S/C6H9N5/c1-5-9-11-4-8-7-3-6(11)10(5)2/h3H,4H2,1-2H3. The van der Waals surface area contributed by atoms with E-state index in [1.165, 1.54) is 0 Å². The number of amidine groups is 1. The number of rotatable bonds is 0. The molecule has 2 aliphatic rings. The average molecular weight is 151 g/mol. The topological polar surface area (TPSA) is 43.6 Å². The van der Waals surface area contributed by atoms with E-state index >= 15 is 0 Å². The lowest BCUT2D eigenvalue weighted by atomic mass is 10.5. The Hall–Kier alpha value is -1.39. The first kappa shape index (κ1) is 6.33. The average Bonchev–Trinajstić information content (AvgIpc) is 2.30. The Morgan fingerprint density at radius 1 is 1.55 bits per heavy atom. The van der Waals surface area contributed by atoms with Crippen molar-refractivity contribution in [2.24, 2.45) is 15.3 Å². The molecule has 5 heteroatoms. The van der Waals surface area contributed by atoms with Crippen LogP contribution < -0.4 is 0 Å². The molecule has 0 unspecified atom stereocenters. The molecule has 5 nitrogen and oxygen atoms in total. The van der Waals surface area contributed by atoms with Gasteiger partial charge in [-0.25, -0.2) is 5.01 Å². The largest absolute Gasteiger partial charge is 0.315 e. The third-order valence-electron chi connectivity index (χ3n) is 1.81. The van der Waals surface area contributed by atoms with E-state index in [1.54, 1.807) is 6.20 Å². The van der Waals surface area contributed by atoms with Crippen LogP contribution in [0.25, 0.3) is 0 Å². The second-order valence-electron chi connectivity index (χ2n) is 2.49. The predicted octanol–water partition coefficient (Wildman–Crippen LogP) is 0.789. The molecule has 0 saturated heterocycles. The van der Waals surface area contributed by atoms with E-state index in [4.69, 9.17) is 0 Å². The van der Waals surface area contributed by atoms with E-state index in [0.29, 0.717) is 6.67 Å². The van der Waals surface area contributed by atoms with E-state index in [2.05, 4.69) is 15.3 Å². The fraction of sp³-hybridized carbons (Fsp3) is 0.500. The number of nitrogens with zero attached hydrogens (tertiary/aromatic N) is 5. The maximum atomic E-state index is 4.25. The molecular weight excluding hydrogens is 142 g/mol. The molecule has 0 aromatic heterocycles. The van der Waals surface area contributed by atoms with Crippen LogP contribution in [0.1, 0.15) is 6.92 Å². The molecule has 0 bridgehead atoms. The fourth-order valence-corrected chi connectivity index (χ4v) is 1.08. The zero-order chi connectivity index (χ0) is 7.84. The first-order chi connectivity index (χ1) is 5.29. The van der Waals surface area contributed by atoms with Crippen LogP contribution in [-0.4, -0.2) is 29.5 Å². The highest BCUT2D eigenvalue weighted by Crippen LogP contribution is 2.20. The van der Waals surface area contributed by atoms with Crippen LogP contribution in [0.3, 0.4) is 0 Å². The fourth-order valence-electron chi connectivity index (χ4n) is 1.08. The third-order valence-corrected chi connectivity index (χ3v) is 1.81. The number of hydrogen-bond donors (Lipinski definition) is 0. The van der Waals surface area contributed by atoms with Crippen molar-refractivity contribution in [3.05, 3.63) is 12.0 Å². The van der Waals surface area contributed by atoms with Crippen molar-refractivity contribution in [2.75, 3.05) is 13.7 Å². The van der Waals surface area contributed by atoms with E-state index < -0.39 is 0 Å². The summed E-state index contributed by atoms with van der Waals surface area (Å²) in [4.78, 5) is 1.98. The van der Waals surface area contributed by atoms with Crippen LogP contribution in [0.15, 0.2) is 27.4 Å². The normalized spacial score (nSPS) is 21.6. The number of hydrazone groups is 1. The highest BCUT2D eigenvalue weighted by atomic mass is 15.6. The summed E-state index contributed by atoms with van der Waals surface area (Å²) in [6.45, 7) is 2.49. The zero-order valence-corrected chi connectivity index (χ0v) is 6.52. The molecule has 0 aromatic rings. The molecular formula is C6H9N5. The second-order valence-corrected chi connectivity index (χ2v) is 2.49. The molecule has 2 aliphatic heterocycles. The number of fused-ring (bicyclic) bond motifs is 1. The SMILES string of the molecule is CC1=NN2CN=NC=C2N1C. The molecule has 0 aromatic carbocycles. The van der Waals surface area contributed by atoms with Gasteiger partial charge >= 0.3 is 0 Å². The maximum Gasteiger partial charge on any atom is 0.154 e. The maximum absolute atomic E-state index is 4.25. The van der Waals surface area contributed by atoms with Crippen molar-refractivity contribution in [3.63, 3.8) is 0 Å². The van der Waals surface area contributed by atoms with Gasteiger partial charge in [0.15, 0.2) is 12.5 Å². The molecule has 2 rings (SSSR count). The molecule has 0 spiro atoms. The summed E-state index contributed by atoms with van der Waals surface area (Å²) < 4.78 is 0. The summed E-state index contributed by atoms with van der Waals surface area (Å²) in [5.74, 6) is 1.97. The van der Waals surface area contributed by atoms with Crippen LogP contribution in [-0.2, 0) is 0 Å². The summed E-state index contributed by atoms with van der Waals surface area (Å²) in [6.07, 6.45) is 1.71. The minimum Gasteiger partial charge on any atom is -0.315 e. The summed E-state index contributed by atoms with van der Waals surface area (Å²) in [5, 5.41) is 13.7. The number of hydrogen-bond acceptors (Lipinski definition) is 5. The number of azo groups is 1. The first-order valence-electron chi connectivity index (χ1n) is 3.42. The van der Waals surface area contributed by atoms with Crippen molar-refractivity contribution in [1.29, 1.82) is 0 Å². The lowest BCUT2D eigenvalue weighted by molar-refractivity contribution is 0.326. The summed E-state index contributed by atoms with van der Waals surface area (Å²) in [5.41, 5.74) is 0. The first-order valence-corrected chi connectivity index (χ1v) is 3.42. The van der Waals surface area contributed by atoms with E-state index in [0.717, 1.165) is 11.7 Å². The lowest BCUT2D eigenvalue weighted by Crippen LogP contribution is -2.24. The van der Waals surface area contributed by atoms with Gasteiger partial charge in [0.25, 0.3) is 0 Å². The monoisotopic (exact) mass is 151 g/mol. The zero-order valence-electron chi connectivity index (χ0n) is 6.52. The van der Waals surface area contributed by atoms with Gasteiger partial charge < -0.3 is 4.90 Å². The van der Waals surface area contributed by atoms with E-state index in [1.807, 2.05) is 23.9 Å². The molecule has 0 radical (unpaired) electrons. The second kappa shape index (κ2) is 2.05. The van der Waals surface area contributed by atoms with Gasteiger partial charge in [-0.05, 0) is 6.92 Å². The summed E-state index contributed by atoms with van der Waals surface area (Å²) in [6, 6.07) is 0. The van der Waals surface area contributed by atoms with Crippen LogP contribution in [0.2, 0.25) is 0 Å². The minimum atomic E-state index is 0.535. The summed E-state index contributed by atoms with van der Waals surface area (Å²) >= 11 is 0. The van der Waals surface area contributed by atoms with Crippen molar-refractivity contribution in [3.8, 4) is 0 Å². The smallest absolute Gasteiger partial charge is 0.154 e. The summed E-state index contributed by atoms with van der Waals surface area (Å²) in [7, 11) is 1.96. The van der Waals surface area contributed by atoms with Gasteiger partial charge in [0.1, 0.15) is 5.84 Å². The molecule has 11 heavy (non-hydrogen) atoms. The van der Waals surface area contributed by atoms with E-state index in [9.17, 15) is 0 Å². The molecule has 0 saturated carbocycles. The molecule has 58 valence electrons. The van der Waals surface area contributed by atoms with Crippen LogP contribution in [0, 0.1) is 0 Å². The molecule has 0 aliphatic carbocycles. The highest BCUT2D eigenvalue weighted by Gasteiger charge is 2.23. The Labute approximate surface area is 64.7 Å². The minimum absolute atomic E-state index is 0.535. The van der Waals surface area contributed by atoms with Crippen molar-refractivity contribution in [1.82, 2.24) is 9.91 Å². The molecule has 0 atom stereocenters. The van der Waals surface area contributed by atoms with Gasteiger partial charge in [0.05, 0.1) is 6.20 Å². The van der Waals surface area contributed by atoms with Crippen LogP contribution >= 0.6 is 0 Å². The van der Waals surface area contributed by atoms with Gasteiger partial charge in [-0.1, -0.05) is 0 Å². The Bertz CT molecular complexity index is 264. The van der Waals surface area contributed by atoms with Crippen molar-refractivity contribution >= 4 is 5.84 Å². The van der Waals surface area contributed by atoms with Gasteiger partial charge in [0.2, 0.25) is 0 Å². The Kier molecular flexibility index (Phi) is 1.18. The quantitative estimate of drug-likeness (QED) is 0.513. The van der Waals surface area contributed by atoms with Gasteiger partial charge in [-0.15, -0.1) is 0 Å². The third kappa shape index (κ3) is 0.806. The highest BCUT2D eigenvalue weighted by molar-refractivity contribution is 5.82. The van der Waals surface area contributed by atoms with Gasteiger partial charge in [-0.2, -0.15) is 15.3 Å². The predicted molar refractivity (Wildman–Crippen MR) is 40.5 cm³/mol. The Morgan fingerprint density at radius 3 is 3.09 bits per heavy atom. The van der Waals surface area contributed by atoms with Gasteiger partial charge in [0, 0.05) is 7.05 Å². The van der Waals surface area contributed by atoms with Crippen molar-refractivity contribution < 1.29 is 0 Å². The molecule has 2 heterocycles. The van der Waals surface area contributed by atoms with Crippen molar-refractivity contribution in [2.45, 2.75) is 6.92 Å². The molecule has 0 N–H and O–H groups in total. The van der Waals surface area contributed by atoms with Crippen LogP contribution in [0.5, 0.6) is 0 Å². The lowest BCUT2D eigenvalue weighted by Gasteiger charge is -2.18. The Morgan fingerprint density at radius 2 is 2.36 bits per heavy atom. The van der Waals surface area contributed by atoms with Crippen LogP contribution in [0.4, 0.5) is 0 Å².